The van der Waals surface area contributed by atoms with Crippen LogP contribution in [0.4, 0.5) is 5.69 Å². The van der Waals surface area contributed by atoms with Crippen molar-refractivity contribution < 1.29 is 14.3 Å². The molecule has 6 heteroatoms. The van der Waals surface area contributed by atoms with E-state index in [1.165, 1.54) is 0 Å². The van der Waals surface area contributed by atoms with Gasteiger partial charge in [-0.05, 0) is 29.8 Å². The lowest BCUT2D eigenvalue weighted by atomic mass is 9.89. The van der Waals surface area contributed by atoms with Gasteiger partial charge in [0.25, 0.3) is 5.91 Å². The van der Waals surface area contributed by atoms with Gasteiger partial charge in [0.05, 0.1) is 13.7 Å². The Morgan fingerprint density at radius 2 is 1.96 bits per heavy atom. The van der Waals surface area contributed by atoms with E-state index >= 15 is 0 Å². The molecule has 4 nitrogen and oxygen atoms in total. The lowest BCUT2D eigenvalue weighted by Crippen LogP contribution is -2.67. The lowest BCUT2D eigenvalue weighted by Gasteiger charge is -2.52. The molecule has 0 bridgehead atoms. The maximum absolute atomic E-state index is 13.1. The second-order valence-corrected chi connectivity index (χ2v) is 8.22. The third-order valence-corrected chi connectivity index (χ3v) is 7.31. The average molecular weight is 420 g/mol. The van der Waals surface area contributed by atoms with E-state index in [4.69, 9.17) is 9.47 Å². The van der Waals surface area contributed by atoms with Crippen molar-refractivity contribution in [3.63, 3.8) is 0 Å². The molecule has 2 aromatic carbocycles. The number of amides is 1. The quantitative estimate of drug-likeness (QED) is 0.554. The summed E-state index contributed by atoms with van der Waals surface area (Å²) in [4.78, 5) is 14.1. The Morgan fingerprint density at radius 3 is 2.56 bits per heavy atom. The third-order valence-electron chi connectivity index (χ3n) is 4.60. The van der Waals surface area contributed by atoms with Crippen LogP contribution in [-0.2, 0) is 9.53 Å². The molecule has 0 N–H and O–H groups in total. The van der Waals surface area contributed by atoms with E-state index in [9.17, 15) is 4.79 Å². The van der Waals surface area contributed by atoms with E-state index in [2.05, 4.69) is 28.1 Å². The van der Waals surface area contributed by atoms with Crippen molar-refractivity contribution >= 4 is 39.3 Å². The summed E-state index contributed by atoms with van der Waals surface area (Å²) in [7, 11) is 1.63. The molecule has 0 radical (unpaired) electrons. The number of anilines is 1. The molecule has 25 heavy (non-hydrogen) atoms. The summed E-state index contributed by atoms with van der Waals surface area (Å²) in [6, 6.07) is 17.5. The number of ether oxygens (including phenoxy) is 2. The predicted octanol–water partition coefficient (Wildman–Crippen LogP) is 4.01. The smallest absolute Gasteiger partial charge is 0.273 e. The molecule has 2 aromatic rings. The maximum Gasteiger partial charge on any atom is 0.273 e. The summed E-state index contributed by atoms with van der Waals surface area (Å²) in [5, 5.41) is 1.10. The van der Waals surface area contributed by atoms with Crippen molar-refractivity contribution in [3.8, 4) is 5.75 Å². The van der Waals surface area contributed by atoms with E-state index in [1.54, 1.807) is 18.9 Å². The number of hydrogen-bond donors (Lipinski definition) is 0. The molecule has 1 amide bonds. The number of benzene rings is 2. The van der Waals surface area contributed by atoms with Crippen LogP contribution in [0.1, 0.15) is 11.6 Å². The molecule has 2 aliphatic rings. The Kier molecular flexibility index (Phi) is 4.52. The van der Waals surface area contributed by atoms with E-state index in [-0.39, 0.29) is 17.2 Å². The molecule has 0 aromatic heterocycles. The Hall–Kier alpha value is -1.50. The first-order chi connectivity index (χ1) is 12.2. The van der Waals surface area contributed by atoms with E-state index in [0.29, 0.717) is 6.61 Å². The fraction of sp³-hybridized carbons (Fsp3) is 0.316. The van der Waals surface area contributed by atoms with Crippen LogP contribution in [0.15, 0.2) is 54.6 Å². The van der Waals surface area contributed by atoms with Crippen LogP contribution < -0.4 is 9.64 Å². The minimum atomic E-state index is -0.820. The second kappa shape index (κ2) is 6.67. The van der Waals surface area contributed by atoms with Gasteiger partial charge in [-0.1, -0.05) is 46.3 Å². The zero-order valence-electron chi connectivity index (χ0n) is 13.7. The summed E-state index contributed by atoms with van der Waals surface area (Å²) >= 11 is 5.15. The first-order valence-electron chi connectivity index (χ1n) is 8.10. The monoisotopic (exact) mass is 419 g/mol. The van der Waals surface area contributed by atoms with Crippen LogP contribution in [0.25, 0.3) is 0 Å². The molecule has 2 heterocycles. The Bertz CT molecular complexity index is 770. The molecular formula is C19H18BrNO3S. The van der Waals surface area contributed by atoms with Gasteiger partial charge in [-0.3, -0.25) is 9.69 Å². The number of carbonyl (C=O) groups excluding carboxylic acids is 1. The van der Waals surface area contributed by atoms with E-state index in [1.807, 2.05) is 47.4 Å². The zero-order chi connectivity index (χ0) is 17.4. The average Bonchev–Trinajstić information content (AvgIpc) is 3.13. The molecule has 130 valence electrons. The number of β-lactam (4-membered cyclic amide) rings is 1. The second-order valence-electron chi connectivity index (χ2n) is 6.06. The Morgan fingerprint density at radius 1 is 1.24 bits per heavy atom. The molecule has 0 aliphatic carbocycles. The van der Waals surface area contributed by atoms with Gasteiger partial charge in [0, 0.05) is 16.3 Å². The highest BCUT2D eigenvalue weighted by Crippen LogP contribution is 2.58. The normalized spacial score (nSPS) is 28.2. The first-order valence-corrected chi connectivity index (χ1v) is 10.1. The fourth-order valence-electron chi connectivity index (χ4n) is 3.38. The summed E-state index contributed by atoms with van der Waals surface area (Å²) in [6.07, 6.45) is 0. The van der Waals surface area contributed by atoms with Crippen LogP contribution in [0.3, 0.4) is 0 Å². The maximum atomic E-state index is 13.1. The van der Waals surface area contributed by atoms with Crippen LogP contribution in [-0.4, -0.2) is 35.1 Å². The standard InChI is InChI=1S/C19H18BrNO3S/c1-23-15-9-7-14(8-10-15)21-17(13-5-3-2-4-6-13)19(18(21)22)24-12-16(11-20)25-19/h2-10,16-17H,11-12H2,1H3/t16-,17?,19?/m1/s1. The van der Waals surface area contributed by atoms with Crippen LogP contribution in [0.5, 0.6) is 5.75 Å². The van der Waals surface area contributed by atoms with Crippen LogP contribution in [0.2, 0.25) is 0 Å². The highest BCUT2D eigenvalue weighted by Gasteiger charge is 2.66. The van der Waals surface area contributed by atoms with Gasteiger partial charge in [-0.15, -0.1) is 11.8 Å². The highest BCUT2D eigenvalue weighted by molar-refractivity contribution is 9.09. The topological polar surface area (TPSA) is 38.8 Å². The molecule has 0 saturated carbocycles. The molecule has 2 aliphatic heterocycles. The molecule has 2 fully saturated rings. The van der Waals surface area contributed by atoms with Crippen molar-refractivity contribution in [3.05, 3.63) is 60.2 Å². The Labute approximate surface area is 159 Å². The number of hydrogen-bond acceptors (Lipinski definition) is 4. The van der Waals surface area contributed by atoms with Crippen molar-refractivity contribution in [1.82, 2.24) is 0 Å². The minimum Gasteiger partial charge on any atom is -0.497 e. The van der Waals surface area contributed by atoms with Crippen molar-refractivity contribution in [1.29, 1.82) is 0 Å². The SMILES string of the molecule is COc1ccc(N2C(=O)C3(OC[C@@H](CBr)S3)C2c2ccccc2)cc1. The van der Waals surface area contributed by atoms with Gasteiger partial charge in [-0.2, -0.15) is 0 Å². The van der Waals surface area contributed by atoms with Gasteiger partial charge < -0.3 is 9.47 Å². The highest BCUT2D eigenvalue weighted by atomic mass is 79.9. The molecule has 1 spiro atoms. The number of carbonyl (C=O) groups is 1. The lowest BCUT2D eigenvalue weighted by molar-refractivity contribution is -0.145. The van der Waals surface area contributed by atoms with Gasteiger partial charge >= 0.3 is 0 Å². The fourth-order valence-corrected chi connectivity index (χ4v) is 5.37. The number of thioether (sulfide) groups is 1. The Balaban J connectivity index is 1.72. The van der Waals surface area contributed by atoms with E-state index in [0.717, 1.165) is 22.3 Å². The minimum absolute atomic E-state index is 0.0139. The van der Waals surface area contributed by atoms with Gasteiger partial charge in [0.2, 0.25) is 4.93 Å². The van der Waals surface area contributed by atoms with Crippen LogP contribution in [0, 0.1) is 0 Å². The number of methoxy groups -OCH3 is 1. The molecule has 3 atom stereocenters. The molecule has 4 rings (SSSR count). The van der Waals surface area contributed by atoms with E-state index < -0.39 is 4.93 Å². The number of rotatable bonds is 4. The van der Waals surface area contributed by atoms with Crippen molar-refractivity contribution in [2.24, 2.45) is 0 Å². The number of nitrogens with zero attached hydrogens (tertiary/aromatic N) is 1. The molecule has 2 unspecified atom stereocenters. The van der Waals surface area contributed by atoms with Gasteiger partial charge in [0.1, 0.15) is 11.8 Å². The van der Waals surface area contributed by atoms with Crippen molar-refractivity contribution in [2.75, 3.05) is 23.9 Å². The first kappa shape index (κ1) is 16.9. The van der Waals surface area contributed by atoms with Gasteiger partial charge in [0.15, 0.2) is 0 Å². The summed E-state index contributed by atoms with van der Waals surface area (Å²) in [5.74, 6) is 0.786. The molecular weight excluding hydrogens is 402 g/mol. The predicted molar refractivity (Wildman–Crippen MR) is 104 cm³/mol. The number of halogens is 1. The summed E-state index contributed by atoms with van der Waals surface area (Å²) < 4.78 is 11.3. The number of alkyl halides is 1. The summed E-state index contributed by atoms with van der Waals surface area (Å²) in [6.45, 7) is 0.585. The van der Waals surface area contributed by atoms with Gasteiger partial charge in [-0.25, -0.2) is 0 Å². The summed E-state index contributed by atoms with van der Waals surface area (Å²) in [5.41, 5.74) is 1.94. The molecule has 2 saturated heterocycles. The largest absolute Gasteiger partial charge is 0.497 e. The zero-order valence-corrected chi connectivity index (χ0v) is 16.1. The third kappa shape index (κ3) is 2.67. The van der Waals surface area contributed by atoms with Crippen LogP contribution >= 0.6 is 27.7 Å². The van der Waals surface area contributed by atoms with Crippen molar-refractivity contribution in [2.45, 2.75) is 16.2 Å².